The van der Waals surface area contributed by atoms with E-state index in [0.717, 1.165) is 24.2 Å². The van der Waals surface area contributed by atoms with Crippen LogP contribution in [0.25, 0.3) is 0 Å². The maximum Gasteiger partial charge on any atom is 0.251 e. The van der Waals surface area contributed by atoms with Crippen LogP contribution in [0.1, 0.15) is 60.6 Å². The molecule has 30 heavy (non-hydrogen) atoms. The van der Waals surface area contributed by atoms with E-state index < -0.39 is 10.0 Å². The molecule has 0 unspecified atom stereocenters. The summed E-state index contributed by atoms with van der Waals surface area (Å²) in [4.78, 5) is 12.9. The number of fused-ring (bicyclic) bond motifs is 1. The molecule has 0 spiro atoms. The van der Waals surface area contributed by atoms with Crippen LogP contribution < -0.4 is 10.1 Å². The average Bonchev–Trinajstić information content (AvgIpc) is 3.23. The molecular formula is C23H28N2O4S. The highest BCUT2D eigenvalue weighted by Gasteiger charge is 2.34. The average molecular weight is 429 g/mol. The third kappa shape index (κ3) is 4.52. The molecule has 6 nitrogen and oxygen atoms in total. The Morgan fingerprint density at radius 1 is 1.10 bits per heavy atom. The second-order valence-corrected chi connectivity index (χ2v) is 10.7. The van der Waals surface area contributed by atoms with E-state index in [1.807, 2.05) is 38.1 Å². The van der Waals surface area contributed by atoms with Gasteiger partial charge >= 0.3 is 0 Å². The van der Waals surface area contributed by atoms with Crippen LogP contribution in [-0.2, 0) is 15.8 Å². The van der Waals surface area contributed by atoms with Gasteiger partial charge in [0.05, 0.1) is 11.8 Å². The Labute approximate surface area is 178 Å². The second-order valence-electron chi connectivity index (χ2n) is 8.69. The first kappa shape index (κ1) is 20.9. The number of rotatable bonds is 5. The SMILES string of the molecule is CC1(C)C[C@H](NC(=O)c2ccc(CS(=O)(=O)N3CCCC3)cc2)c2ccccc2O1. The Hall–Kier alpha value is -2.38. The smallest absolute Gasteiger partial charge is 0.251 e. The molecule has 1 fully saturated rings. The minimum absolute atomic E-state index is 0.0313. The molecule has 0 aliphatic carbocycles. The molecule has 1 saturated heterocycles. The van der Waals surface area contributed by atoms with Gasteiger partial charge in [0.15, 0.2) is 0 Å². The molecular weight excluding hydrogens is 400 g/mol. The van der Waals surface area contributed by atoms with Gasteiger partial charge in [-0.2, -0.15) is 0 Å². The van der Waals surface area contributed by atoms with Gasteiger partial charge in [-0.15, -0.1) is 0 Å². The highest BCUT2D eigenvalue weighted by Crippen LogP contribution is 2.39. The molecule has 7 heteroatoms. The molecule has 0 aromatic heterocycles. The number of hydrogen-bond acceptors (Lipinski definition) is 4. The zero-order valence-corrected chi connectivity index (χ0v) is 18.2. The van der Waals surface area contributed by atoms with Gasteiger partial charge < -0.3 is 10.1 Å². The predicted molar refractivity (Wildman–Crippen MR) is 116 cm³/mol. The number of carbonyl (C=O) groups is 1. The summed E-state index contributed by atoms with van der Waals surface area (Å²) in [5, 5.41) is 3.11. The van der Waals surface area contributed by atoms with Gasteiger partial charge in [0.1, 0.15) is 11.4 Å². The Morgan fingerprint density at radius 2 is 1.77 bits per heavy atom. The highest BCUT2D eigenvalue weighted by molar-refractivity contribution is 7.88. The van der Waals surface area contributed by atoms with Gasteiger partial charge in [0.2, 0.25) is 10.0 Å². The van der Waals surface area contributed by atoms with Crippen LogP contribution in [0.5, 0.6) is 5.75 Å². The third-order valence-corrected chi connectivity index (χ3v) is 7.56. The van der Waals surface area contributed by atoms with Crippen LogP contribution in [0.3, 0.4) is 0 Å². The Bertz CT molecular complexity index is 1030. The first-order valence-corrected chi connectivity index (χ1v) is 12.0. The normalized spacial score (nSPS) is 20.9. The minimum Gasteiger partial charge on any atom is -0.487 e. The molecule has 0 bridgehead atoms. The fourth-order valence-corrected chi connectivity index (χ4v) is 5.80. The summed E-state index contributed by atoms with van der Waals surface area (Å²) in [6, 6.07) is 14.5. The van der Waals surface area contributed by atoms with Crippen molar-refractivity contribution in [2.75, 3.05) is 13.1 Å². The van der Waals surface area contributed by atoms with Gasteiger partial charge in [-0.3, -0.25) is 4.79 Å². The number of benzene rings is 2. The zero-order valence-electron chi connectivity index (χ0n) is 17.4. The monoisotopic (exact) mass is 428 g/mol. The van der Waals surface area contributed by atoms with E-state index in [1.165, 1.54) is 0 Å². The largest absolute Gasteiger partial charge is 0.487 e. The molecule has 4 rings (SSSR count). The van der Waals surface area contributed by atoms with Gasteiger partial charge in [0, 0.05) is 30.6 Å². The van der Waals surface area contributed by atoms with Crippen molar-refractivity contribution in [2.45, 2.75) is 50.5 Å². The van der Waals surface area contributed by atoms with Crippen molar-refractivity contribution >= 4 is 15.9 Å². The van der Waals surface area contributed by atoms with Gasteiger partial charge in [-0.05, 0) is 50.5 Å². The summed E-state index contributed by atoms with van der Waals surface area (Å²) in [6.45, 7) is 5.23. The summed E-state index contributed by atoms with van der Waals surface area (Å²) in [7, 11) is -3.30. The molecule has 2 aromatic rings. The maximum absolute atomic E-state index is 12.9. The fraction of sp³-hybridized carbons (Fsp3) is 0.435. The van der Waals surface area contributed by atoms with Crippen LogP contribution in [0.4, 0.5) is 0 Å². The quantitative estimate of drug-likeness (QED) is 0.789. The molecule has 2 aliphatic rings. The van der Waals surface area contributed by atoms with E-state index in [2.05, 4.69) is 5.32 Å². The van der Waals surface area contributed by atoms with Crippen molar-refractivity contribution in [3.63, 3.8) is 0 Å². The lowest BCUT2D eigenvalue weighted by Crippen LogP contribution is -2.41. The molecule has 1 N–H and O–H groups in total. The van der Waals surface area contributed by atoms with Crippen LogP contribution in [0.15, 0.2) is 48.5 Å². The van der Waals surface area contributed by atoms with Crippen LogP contribution in [0, 0.1) is 0 Å². The van der Waals surface area contributed by atoms with E-state index in [-0.39, 0.29) is 23.3 Å². The molecule has 0 saturated carbocycles. The summed E-state index contributed by atoms with van der Waals surface area (Å²) in [5.41, 5.74) is 1.80. The van der Waals surface area contributed by atoms with Crippen LogP contribution in [-0.4, -0.2) is 37.3 Å². The number of nitrogens with zero attached hydrogens (tertiary/aromatic N) is 1. The number of amides is 1. The molecule has 2 aliphatic heterocycles. The molecule has 0 radical (unpaired) electrons. The molecule has 2 heterocycles. The first-order chi connectivity index (χ1) is 14.2. The molecule has 1 amide bonds. The number of para-hydroxylation sites is 1. The summed E-state index contributed by atoms with van der Waals surface area (Å²) < 4.78 is 32.6. The summed E-state index contributed by atoms with van der Waals surface area (Å²) in [6.07, 6.45) is 2.51. The Balaban J connectivity index is 1.45. The number of sulfonamides is 1. The van der Waals surface area contributed by atoms with E-state index in [0.29, 0.717) is 30.6 Å². The first-order valence-electron chi connectivity index (χ1n) is 10.4. The van der Waals surface area contributed by atoms with Gasteiger partial charge in [-0.1, -0.05) is 30.3 Å². The topological polar surface area (TPSA) is 75.7 Å². The van der Waals surface area contributed by atoms with Crippen molar-refractivity contribution < 1.29 is 17.9 Å². The fourth-order valence-electron chi connectivity index (χ4n) is 4.19. The number of hydrogen-bond donors (Lipinski definition) is 1. The Kier molecular flexibility index (Phi) is 5.59. The second kappa shape index (κ2) is 8.04. The number of nitrogens with one attached hydrogen (secondary N) is 1. The van der Waals surface area contributed by atoms with E-state index in [1.54, 1.807) is 28.6 Å². The molecule has 1 atom stereocenters. The van der Waals surface area contributed by atoms with E-state index >= 15 is 0 Å². The van der Waals surface area contributed by atoms with E-state index in [9.17, 15) is 13.2 Å². The highest BCUT2D eigenvalue weighted by atomic mass is 32.2. The van der Waals surface area contributed by atoms with Crippen LogP contribution >= 0.6 is 0 Å². The number of carbonyl (C=O) groups excluding carboxylic acids is 1. The summed E-state index contributed by atoms with van der Waals surface area (Å²) >= 11 is 0. The van der Waals surface area contributed by atoms with Crippen molar-refractivity contribution in [1.29, 1.82) is 0 Å². The van der Waals surface area contributed by atoms with E-state index in [4.69, 9.17) is 4.74 Å². The zero-order chi connectivity index (χ0) is 21.4. The molecule has 2 aromatic carbocycles. The van der Waals surface area contributed by atoms with Crippen LogP contribution in [0.2, 0.25) is 0 Å². The standard InChI is InChI=1S/C23H28N2O4S/c1-23(2)15-20(19-7-3-4-8-21(19)29-23)24-22(26)18-11-9-17(10-12-18)16-30(27,28)25-13-5-6-14-25/h3-4,7-12,20H,5-6,13-16H2,1-2H3,(H,24,26)/t20-/m0/s1. The van der Waals surface area contributed by atoms with Crippen molar-refractivity contribution in [1.82, 2.24) is 9.62 Å². The lowest BCUT2D eigenvalue weighted by molar-refractivity contribution is 0.0619. The van der Waals surface area contributed by atoms with Crippen molar-refractivity contribution in [3.05, 3.63) is 65.2 Å². The molecule has 160 valence electrons. The lowest BCUT2D eigenvalue weighted by atomic mass is 9.89. The minimum atomic E-state index is -3.30. The Morgan fingerprint density at radius 3 is 2.47 bits per heavy atom. The van der Waals surface area contributed by atoms with Gasteiger partial charge in [-0.25, -0.2) is 12.7 Å². The summed E-state index contributed by atoms with van der Waals surface area (Å²) in [5.74, 6) is 0.583. The number of ether oxygens (including phenoxy) is 1. The maximum atomic E-state index is 12.9. The van der Waals surface area contributed by atoms with Crippen molar-refractivity contribution in [3.8, 4) is 5.75 Å². The third-order valence-electron chi connectivity index (χ3n) is 5.71. The lowest BCUT2D eigenvalue weighted by Gasteiger charge is -2.37. The predicted octanol–water partition coefficient (Wildman–Crippen LogP) is 3.64. The van der Waals surface area contributed by atoms with Gasteiger partial charge in [0.25, 0.3) is 5.91 Å². The van der Waals surface area contributed by atoms with Crippen molar-refractivity contribution in [2.24, 2.45) is 0 Å².